The predicted octanol–water partition coefficient (Wildman–Crippen LogP) is 5.19. The number of methoxy groups -OCH3 is 1. The van der Waals surface area contributed by atoms with Crippen LogP contribution in [0.5, 0.6) is 0 Å². The van der Waals surface area contributed by atoms with E-state index in [1.165, 1.54) is 13.2 Å². The first kappa shape index (κ1) is 26.7. The van der Waals surface area contributed by atoms with E-state index in [4.69, 9.17) is 4.74 Å². The zero-order valence-corrected chi connectivity index (χ0v) is 20.6. The van der Waals surface area contributed by atoms with E-state index in [2.05, 4.69) is 15.3 Å². The van der Waals surface area contributed by atoms with Gasteiger partial charge in [-0.05, 0) is 73.0 Å². The predicted molar refractivity (Wildman–Crippen MR) is 131 cm³/mol. The Morgan fingerprint density at radius 3 is 2.46 bits per heavy atom. The zero-order valence-electron chi connectivity index (χ0n) is 20.6. The normalized spacial score (nSPS) is 14.5. The lowest BCUT2D eigenvalue weighted by Gasteiger charge is -2.23. The molecular weight excluding hydrogens is 486 g/mol. The fourth-order valence-electron chi connectivity index (χ4n) is 4.71. The maximum atomic E-state index is 14.9. The van der Waals surface area contributed by atoms with Gasteiger partial charge in [-0.2, -0.15) is 13.2 Å². The summed E-state index contributed by atoms with van der Waals surface area (Å²) in [6.45, 7) is 1.78. The Morgan fingerprint density at radius 2 is 1.78 bits per heavy atom. The Bertz CT molecular complexity index is 1240. The second kappa shape index (κ2) is 11.8. The molecule has 1 aliphatic heterocycles. The molecule has 0 aliphatic carbocycles. The van der Waals surface area contributed by atoms with Crippen molar-refractivity contribution in [3.05, 3.63) is 93.8 Å². The third-order valence-electron chi connectivity index (χ3n) is 6.77. The summed E-state index contributed by atoms with van der Waals surface area (Å²) < 4.78 is 60.8. The van der Waals surface area contributed by atoms with Gasteiger partial charge in [0, 0.05) is 12.6 Å². The molecule has 9 heteroatoms. The van der Waals surface area contributed by atoms with Crippen molar-refractivity contribution in [2.24, 2.45) is 0 Å². The number of carbonyl (C=O) groups is 1. The largest absolute Gasteiger partial charge is 0.469 e. The number of rotatable bonds is 8. The lowest BCUT2D eigenvalue weighted by molar-refractivity contribution is -0.140. The van der Waals surface area contributed by atoms with Gasteiger partial charge in [0.1, 0.15) is 11.6 Å². The molecule has 1 aromatic heterocycles. The first-order chi connectivity index (χ1) is 17.7. The van der Waals surface area contributed by atoms with E-state index in [-0.39, 0.29) is 37.2 Å². The van der Waals surface area contributed by atoms with Crippen LogP contribution in [0, 0.1) is 5.82 Å². The van der Waals surface area contributed by atoms with Crippen LogP contribution in [-0.2, 0) is 41.4 Å². The molecule has 0 saturated carbocycles. The Kier molecular flexibility index (Phi) is 8.53. The number of aromatic nitrogens is 2. The van der Waals surface area contributed by atoms with Crippen molar-refractivity contribution >= 4 is 5.97 Å². The second-order valence-electron chi connectivity index (χ2n) is 9.22. The third-order valence-corrected chi connectivity index (χ3v) is 6.77. The fourth-order valence-corrected chi connectivity index (χ4v) is 4.71. The van der Waals surface area contributed by atoms with Crippen LogP contribution in [0.1, 0.15) is 58.1 Å². The van der Waals surface area contributed by atoms with Crippen molar-refractivity contribution in [1.82, 2.24) is 15.3 Å². The first-order valence-corrected chi connectivity index (χ1v) is 12.3. The van der Waals surface area contributed by atoms with Crippen molar-refractivity contribution in [3.63, 3.8) is 0 Å². The van der Waals surface area contributed by atoms with Crippen molar-refractivity contribution in [1.29, 1.82) is 0 Å². The number of nitrogens with zero attached hydrogens (tertiary/aromatic N) is 2. The van der Waals surface area contributed by atoms with E-state index in [0.29, 0.717) is 17.0 Å². The van der Waals surface area contributed by atoms with Crippen LogP contribution in [0.4, 0.5) is 17.6 Å². The Hall–Kier alpha value is -3.33. The molecule has 1 saturated heterocycles. The summed E-state index contributed by atoms with van der Waals surface area (Å²) in [6.07, 6.45) is -1.73. The average molecular weight is 516 g/mol. The summed E-state index contributed by atoms with van der Waals surface area (Å²) >= 11 is 0. The first-order valence-electron chi connectivity index (χ1n) is 12.3. The quantitative estimate of drug-likeness (QED) is 0.330. The summed E-state index contributed by atoms with van der Waals surface area (Å²) in [5, 5.41) is 3.29. The van der Waals surface area contributed by atoms with E-state index >= 15 is 0 Å². The van der Waals surface area contributed by atoms with Crippen LogP contribution in [0.2, 0.25) is 0 Å². The maximum Gasteiger partial charge on any atom is 0.419 e. The molecule has 0 unspecified atom stereocenters. The van der Waals surface area contributed by atoms with Crippen molar-refractivity contribution in [2.45, 2.75) is 50.6 Å². The number of aryl methyl sites for hydroxylation is 2. The molecule has 2 aromatic carbocycles. The van der Waals surface area contributed by atoms with Gasteiger partial charge in [0.25, 0.3) is 0 Å². The minimum Gasteiger partial charge on any atom is -0.469 e. The Labute approximate surface area is 213 Å². The number of esters is 1. The molecule has 1 N–H and O–H groups in total. The summed E-state index contributed by atoms with van der Waals surface area (Å²) in [5.41, 5.74) is 1.63. The monoisotopic (exact) mass is 515 g/mol. The van der Waals surface area contributed by atoms with Gasteiger partial charge in [0.15, 0.2) is 0 Å². The van der Waals surface area contributed by atoms with Gasteiger partial charge in [-0.25, -0.2) is 14.4 Å². The van der Waals surface area contributed by atoms with Crippen molar-refractivity contribution < 1.29 is 27.1 Å². The zero-order chi connectivity index (χ0) is 26.4. The molecule has 0 radical (unpaired) electrons. The minimum atomic E-state index is -4.62. The molecule has 4 rings (SSSR count). The van der Waals surface area contributed by atoms with Crippen molar-refractivity contribution in [2.75, 3.05) is 20.2 Å². The lowest BCUT2D eigenvalue weighted by Crippen LogP contribution is -2.26. The topological polar surface area (TPSA) is 64.1 Å². The van der Waals surface area contributed by atoms with Crippen LogP contribution in [0.3, 0.4) is 0 Å². The second-order valence-corrected chi connectivity index (χ2v) is 9.22. The van der Waals surface area contributed by atoms with Gasteiger partial charge in [-0.3, -0.25) is 4.79 Å². The van der Waals surface area contributed by atoms with E-state index in [1.807, 2.05) is 6.07 Å². The lowest BCUT2D eigenvalue weighted by atomic mass is 9.89. The van der Waals surface area contributed by atoms with Crippen LogP contribution in [-0.4, -0.2) is 36.1 Å². The van der Waals surface area contributed by atoms with Gasteiger partial charge in [0.2, 0.25) is 0 Å². The summed E-state index contributed by atoms with van der Waals surface area (Å²) in [7, 11) is 1.28. The molecule has 0 amide bonds. The number of ether oxygens (including phenoxy) is 1. The average Bonchev–Trinajstić information content (AvgIpc) is 2.89. The highest BCUT2D eigenvalue weighted by Gasteiger charge is 2.35. The Morgan fingerprint density at radius 1 is 1.05 bits per heavy atom. The Balaban J connectivity index is 1.55. The number of carbonyl (C=O) groups excluding carboxylic acids is 1. The number of alkyl halides is 3. The number of hydrogen-bond donors (Lipinski definition) is 1. The molecule has 2 heterocycles. The number of halogens is 4. The van der Waals surface area contributed by atoms with Gasteiger partial charge in [-0.1, -0.05) is 36.4 Å². The summed E-state index contributed by atoms with van der Waals surface area (Å²) in [5.74, 6) is -0.418. The molecule has 0 bridgehead atoms. The highest BCUT2D eigenvalue weighted by atomic mass is 19.4. The number of benzene rings is 2. The van der Waals surface area contributed by atoms with E-state index in [9.17, 15) is 22.4 Å². The number of piperidine rings is 1. The van der Waals surface area contributed by atoms with E-state index in [1.54, 1.807) is 30.3 Å². The highest BCUT2D eigenvalue weighted by Crippen LogP contribution is 2.32. The van der Waals surface area contributed by atoms with Gasteiger partial charge in [-0.15, -0.1) is 0 Å². The van der Waals surface area contributed by atoms with Crippen LogP contribution < -0.4 is 5.32 Å². The molecule has 0 atom stereocenters. The van der Waals surface area contributed by atoms with Crippen LogP contribution >= 0.6 is 0 Å². The highest BCUT2D eigenvalue weighted by molar-refractivity contribution is 5.72. The van der Waals surface area contributed by atoms with Crippen LogP contribution in [0.25, 0.3) is 0 Å². The number of nitrogens with one attached hydrogen (secondary N) is 1. The smallest absolute Gasteiger partial charge is 0.419 e. The number of hydrogen-bond acceptors (Lipinski definition) is 5. The fraction of sp³-hybridized carbons (Fsp3) is 0.393. The molecule has 1 aliphatic rings. The molecule has 5 nitrogen and oxygen atoms in total. The molecule has 0 spiro atoms. The van der Waals surface area contributed by atoms with E-state index < -0.39 is 23.5 Å². The molecular formula is C28H29F4N3O2. The molecule has 196 valence electrons. The SMILES string of the molecule is COC(=O)Cc1ccccc1CCc1nc(Cc2ccc(C3CCNCC3)cc2F)ncc1C(F)(F)F. The van der Waals surface area contributed by atoms with Crippen LogP contribution in [0.15, 0.2) is 48.7 Å². The van der Waals surface area contributed by atoms with E-state index in [0.717, 1.165) is 43.3 Å². The summed E-state index contributed by atoms with van der Waals surface area (Å²) in [4.78, 5) is 19.8. The minimum absolute atomic E-state index is 0.0115. The molecule has 1 fully saturated rings. The maximum absolute atomic E-state index is 14.9. The summed E-state index contributed by atoms with van der Waals surface area (Å²) in [6, 6.07) is 12.1. The third kappa shape index (κ3) is 6.91. The van der Waals surface area contributed by atoms with Crippen molar-refractivity contribution in [3.8, 4) is 0 Å². The van der Waals surface area contributed by atoms with Gasteiger partial charge in [0.05, 0.1) is 24.8 Å². The van der Waals surface area contributed by atoms with Gasteiger partial charge >= 0.3 is 12.1 Å². The standard InChI is InChI=1S/C28H29F4N3O2/c1-37-27(36)16-20-5-3-2-4-18(20)8-9-25-23(28(30,31)32)17-34-26(35-25)15-22-7-6-21(14-24(22)29)19-10-12-33-13-11-19/h2-7,14,17,19,33H,8-13,15-16H2,1H3. The van der Waals surface area contributed by atoms with Gasteiger partial charge < -0.3 is 10.1 Å². The molecule has 37 heavy (non-hydrogen) atoms. The molecule has 3 aromatic rings.